The van der Waals surface area contributed by atoms with Gasteiger partial charge in [-0.3, -0.25) is 4.90 Å². The van der Waals surface area contributed by atoms with Crippen molar-refractivity contribution in [2.45, 2.75) is 25.0 Å². The Morgan fingerprint density at radius 1 is 1.28 bits per heavy atom. The maximum atomic E-state index is 9.66. The van der Waals surface area contributed by atoms with Crippen LogP contribution >= 0.6 is 0 Å². The summed E-state index contributed by atoms with van der Waals surface area (Å²) in [5.74, 6) is 0.122. The van der Waals surface area contributed by atoms with Gasteiger partial charge in [0.15, 0.2) is 0 Å². The van der Waals surface area contributed by atoms with Crippen LogP contribution < -0.4 is 0 Å². The third-order valence-corrected chi connectivity index (χ3v) is 3.55. The van der Waals surface area contributed by atoms with Crippen LogP contribution in [0.2, 0.25) is 0 Å². The first-order chi connectivity index (χ1) is 8.61. The lowest BCUT2D eigenvalue weighted by Crippen LogP contribution is -2.39. The van der Waals surface area contributed by atoms with Gasteiger partial charge in [-0.05, 0) is 24.5 Å². The zero-order valence-corrected chi connectivity index (χ0v) is 10.2. The van der Waals surface area contributed by atoms with Crippen molar-refractivity contribution in [1.29, 1.82) is 0 Å². The topological polar surface area (TPSA) is 84.2 Å². The summed E-state index contributed by atoms with van der Waals surface area (Å²) in [6.45, 7) is 1.37. The van der Waals surface area contributed by atoms with Crippen molar-refractivity contribution < 1.29 is 20.4 Å². The van der Waals surface area contributed by atoms with E-state index in [0.717, 1.165) is 12.1 Å². The Balaban J connectivity index is 1.95. The average Bonchev–Trinajstić information content (AvgIpc) is 2.69. The number of likely N-dealkylation sites (tertiary alicyclic amines) is 1. The summed E-state index contributed by atoms with van der Waals surface area (Å²) >= 11 is 0. The third-order valence-electron chi connectivity index (χ3n) is 3.55. The second-order valence-corrected chi connectivity index (χ2v) is 4.70. The van der Waals surface area contributed by atoms with Crippen molar-refractivity contribution in [2.75, 3.05) is 19.7 Å². The van der Waals surface area contributed by atoms with Gasteiger partial charge in [-0.1, -0.05) is 6.07 Å². The number of aliphatic hydroxyl groups is 2. The Kier molecular flexibility index (Phi) is 4.06. The van der Waals surface area contributed by atoms with Gasteiger partial charge in [0.05, 0.1) is 18.8 Å². The van der Waals surface area contributed by atoms with Crippen LogP contribution in [0.4, 0.5) is 0 Å². The normalized spacial score (nSPS) is 24.6. The van der Waals surface area contributed by atoms with Crippen LogP contribution in [0.5, 0.6) is 11.5 Å². The molecule has 1 aromatic carbocycles. The summed E-state index contributed by atoms with van der Waals surface area (Å²) in [6, 6.07) is 4.34. The van der Waals surface area contributed by atoms with Crippen molar-refractivity contribution in [3.8, 4) is 11.5 Å². The Morgan fingerprint density at radius 3 is 2.72 bits per heavy atom. The van der Waals surface area contributed by atoms with Gasteiger partial charge >= 0.3 is 0 Å². The van der Waals surface area contributed by atoms with Crippen molar-refractivity contribution in [1.82, 2.24) is 4.90 Å². The molecular weight excluding hydrogens is 234 g/mol. The molecule has 18 heavy (non-hydrogen) atoms. The SMILES string of the molecule is OC[C@@H]1C(O)CCN1CCc1ccc(O)cc1O. The number of aromatic hydroxyl groups is 2. The van der Waals surface area contributed by atoms with Crippen LogP contribution in [-0.4, -0.2) is 57.2 Å². The number of nitrogens with zero attached hydrogens (tertiary/aromatic N) is 1. The molecule has 1 fully saturated rings. The molecule has 1 unspecified atom stereocenters. The fraction of sp³-hybridized carbons (Fsp3) is 0.538. The van der Waals surface area contributed by atoms with Crippen molar-refractivity contribution >= 4 is 0 Å². The molecule has 2 rings (SSSR count). The van der Waals surface area contributed by atoms with Crippen LogP contribution in [0.3, 0.4) is 0 Å². The molecule has 0 amide bonds. The summed E-state index contributed by atoms with van der Waals surface area (Å²) in [5.41, 5.74) is 0.755. The minimum absolute atomic E-state index is 0.0427. The van der Waals surface area contributed by atoms with Gasteiger partial charge in [-0.25, -0.2) is 0 Å². The predicted molar refractivity (Wildman–Crippen MR) is 66.5 cm³/mol. The van der Waals surface area contributed by atoms with Gasteiger partial charge in [0.1, 0.15) is 11.5 Å². The van der Waals surface area contributed by atoms with Crippen molar-refractivity contribution in [3.63, 3.8) is 0 Å². The Morgan fingerprint density at radius 2 is 2.06 bits per heavy atom. The first kappa shape index (κ1) is 13.1. The predicted octanol–water partition coefficient (Wildman–Crippen LogP) is 0.0678. The van der Waals surface area contributed by atoms with E-state index in [1.54, 1.807) is 6.07 Å². The lowest BCUT2D eigenvalue weighted by atomic mass is 10.1. The van der Waals surface area contributed by atoms with Gasteiger partial charge in [0, 0.05) is 19.2 Å². The van der Waals surface area contributed by atoms with Crippen LogP contribution in [-0.2, 0) is 6.42 Å². The van der Waals surface area contributed by atoms with E-state index in [0.29, 0.717) is 19.4 Å². The molecule has 100 valence electrons. The Hall–Kier alpha value is -1.30. The van der Waals surface area contributed by atoms with Crippen molar-refractivity contribution in [2.24, 2.45) is 0 Å². The average molecular weight is 253 g/mol. The van der Waals surface area contributed by atoms with Gasteiger partial charge in [-0.2, -0.15) is 0 Å². The van der Waals surface area contributed by atoms with E-state index >= 15 is 0 Å². The molecule has 5 nitrogen and oxygen atoms in total. The monoisotopic (exact) mass is 253 g/mol. The highest BCUT2D eigenvalue weighted by molar-refractivity contribution is 5.39. The highest BCUT2D eigenvalue weighted by Crippen LogP contribution is 2.24. The molecule has 1 saturated heterocycles. The zero-order chi connectivity index (χ0) is 13.1. The lowest BCUT2D eigenvalue weighted by molar-refractivity contribution is 0.0719. The summed E-state index contributed by atoms with van der Waals surface area (Å²) in [6.07, 6.45) is 0.825. The van der Waals surface area contributed by atoms with Crippen LogP contribution in [0.1, 0.15) is 12.0 Å². The van der Waals surface area contributed by atoms with E-state index < -0.39 is 6.10 Å². The highest BCUT2D eigenvalue weighted by atomic mass is 16.3. The fourth-order valence-corrected chi connectivity index (χ4v) is 2.44. The molecule has 0 radical (unpaired) electrons. The minimum atomic E-state index is -0.469. The van der Waals surface area contributed by atoms with Crippen molar-refractivity contribution in [3.05, 3.63) is 23.8 Å². The molecule has 2 atom stereocenters. The first-order valence-electron chi connectivity index (χ1n) is 6.15. The lowest BCUT2D eigenvalue weighted by Gasteiger charge is -2.24. The van der Waals surface area contributed by atoms with Gasteiger partial charge in [0.2, 0.25) is 0 Å². The highest BCUT2D eigenvalue weighted by Gasteiger charge is 2.31. The molecule has 0 aromatic heterocycles. The molecule has 1 aromatic rings. The van der Waals surface area contributed by atoms with Crippen LogP contribution in [0.15, 0.2) is 18.2 Å². The Labute approximate surface area is 106 Å². The second-order valence-electron chi connectivity index (χ2n) is 4.70. The number of benzene rings is 1. The summed E-state index contributed by atoms with van der Waals surface area (Å²) in [7, 11) is 0. The standard InChI is InChI=1S/C13H19NO4/c15-8-11-12(17)4-6-14(11)5-3-9-1-2-10(16)7-13(9)18/h1-2,7,11-12,15-18H,3-6,8H2/t11-,12?/m1/s1. The number of aliphatic hydroxyl groups excluding tert-OH is 2. The molecule has 4 N–H and O–H groups in total. The fourth-order valence-electron chi connectivity index (χ4n) is 2.44. The molecule has 0 saturated carbocycles. The molecular formula is C13H19NO4. The number of hydrogen-bond acceptors (Lipinski definition) is 5. The number of phenols is 2. The van der Waals surface area contributed by atoms with Gasteiger partial charge in [0.25, 0.3) is 0 Å². The third kappa shape index (κ3) is 2.75. The van der Waals surface area contributed by atoms with E-state index in [9.17, 15) is 20.4 Å². The minimum Gasteiger partial charge on any atom is -0.508 e. The molecule has 1 heterocycles. The first-order valence-corrected chi connectivity index (χ1v) is 6.15. The molecule has 1 aliphatic heterocycles. The molecule has 0 bridgehead atoms. The summed E-state index contributed by atoms with van der Waals surface area (Å²) < 4.78 is 0. The summed E-state index contributed by atoms with van der Waals surface area (Å²) in [5, 5.41) is 37.7. The summed E-state index contributed by atoms with van der Waals surface area (Å²) in [4.78, 5) is 2.02. The van der Waals surface area contributed by atoms with E-state index in [1.807, 2.05) is 4.90 Å². The molecule has 0 aliphatic carbocycles. The largest absolute Gasteiger partial charge is 0.508 e. The van der Waals surface area contributed by atoms with E-state index in [-0.39, 0.29) is 24.1 Å². The maximum absolute atomic E-state index is 9.66. The number of hydrogen-bond donors (Lipinski definition) is 4. The van der Waals surface area contributed by atoms with E-state index in [1.165, 1.54) is 12.1 Å². The number of rotatable bonds is 4. The zero-order valence-electron chi connectivity index (χ0n) is 10.2. The number of phenolic OH excluding ortho intramolecular Hbond substituents is 2. The molecule has 0 spiro atoms. The van der Waals surface area contributed by atoms with Crippen LogP contribution in [0.25, 0.3) is 0 Å². The Bertz CT molecular complexity index is 410. The molecule has 1 aliphatic rings. The van der Waals surface area contributed by atoms with Crippen LogP contribution in [0, 0.1) is 0 Å². The smallest absolute Gasteiger partial charge is 0.122 e. The second kappa shape index (κ2) is 5.56. The van der Waals surface area contributed by atoms with E-state index in [4.69, 9.17) is 0 Å². The van der Waals surface area contributed by atoms with E-state index in [2.05, 4.69) is 0 Å². The van der Waals surface area contributed by atoms with Gasteiger partial charge in [-0.15, -0.1) is 0 Å². The quantitative estimate of drug-likeness (QED) is 0.610. The molecule has 5 heteroatoms. The maximum Gasteiger partial charge on any atom is 0.122 e. The van der Waals surface area contributed by atoms with Gasteiger partial charge < -0.3 is 20.4 Å².